The van der Waals surface area contributed by atoms with Gasteiger partial charge in [0.05, 0.1) is 12.4 Å². The maximum Gasteiger partial charge on any atom is 0.271 e. The highest BCUT2D eigenvalue weighted by Gasteiger charge is 2.22. The molecular formula is C12H15ClN4O2. The molecular weight excluding hydrogens is 268 g/mol. The number of amides is 2. The topological polar surface area (TPSA) is 75.2 Å². The minimum absolute atomic E-state index is 0.0700. The van der Waals surface area contributed by atoms with Gasteiger partial charge in [0.15, 0.2) is 0 Å². The molecule has 1 aromatic rings. The van der Waals surface area contributed by atoms with Gasteiger partial charge in [0.2, 0.25) is 5.91 Å². The largest absolute Gasteiger partial charge is 0.348 e. The molecule has 0 aliphatic carbocycles. The predicted molar refractivity (Wildman–Crippen MR) is 69.8 cm³/mol. The second-order valence-electron chi connectivity index (χ2n) is 4.48. The van der Waals surface area contributed by atoms with E-state index in [1.54, 1.807) is 11.8 Å². The van der Waals surface area contributed by atoms with Gasteiger partial charge in [-0.3, -0.25) is 9.59 Å². The van der Waals surface area contributed by atoms with E-state index in [-0.39, 0.29) is 28.7 Å². The number of hydrogen-bond acceptors (Lipinski definition) is 4. The van der Waals surface area contributed by atoms with Crippen LogP contribution in [0.25, 0.3) is 0 Å². The third kappa shape index (κ3) is 3.64. The van der Waals surface area contributed by atoms with Crippen molar-refractivity contribution in [3.8, 4) is 0 Å². The Labute approximate surface area is 116 Å². The lowest BCUT2D eigenvalue weighted by Crippen LogP contribution is -2.46. The molecule has 2 rings (SSSR count). The first kappa shape index (κ1) is 13.7. The molecule has 0 atom stereocenters. The molecule has 0 bridgehead atoms. The first-order valence-electron chi connectivity index (χ1n) is 6.10. The molecule has 1 saturated heterocycles. The number of halogens is 1. The zero-order valence-corrected chi connectivity index (χ0v) is 11.4. The maximum absolute atomic E-state index is 11.9. The molecule has 0 aromatic carbocycles. The maximum atomic E-state index is 11.9. The molecule has 102 valence electrons. The first-order chi connectivity index (χ1) is 9.06. The van der Waals surface area contributed by atoms with E-state index in [4.69, 9.17) is 11.6 Å². The molecule has 1 fully saturated rings. The van der Waals surface area contributed by atoms with Gasteiger partial charge in [0.1, 0.15) is 10.8 Å². The van der Waals surface area contributed by atoms with Gasteiger partial charge in [-0.05, 0) is 12.8 Å². The molecule has 0 saturated carbocycles. The van der Waals surface area contributed by atoms with Crippen LogP contribution in [0.1, 0.15) is 30.3 Å². The molecule has 1 aliphatic rings. The van der Waals surface area contributed by atoms with E-state index in [1.807, 2.05) is 0 Å². The predicted octanol–water partition coefficient (Wildman–Crippen LogP) is 0.871. The van der Waals surface area contributed by atoms with Gasteiger partial charge < -0.3 is 10.2 Å². The van der Waals surface area contributed by atoms with Crippen molar-refractivity contribution in [2.24, 2.45) is 0 Å². The van der Waals surface area contributed by atoms with Gasteiger partial charge in [-0.15, -0.1) is 0 Å². The van der Waals surface area contributed by atoms with Crippen LogP contribution < -0.4 is 5.32 Å². The quantitative estimate of drug-likeness (QED) is 0.873. The number of piperidine rings is 1. The zero-order chi connectivity index (χ0) is 13.8. The number of aromatic nitrogens is 2. The Balaban J connectivity index is 1.87. The van der Waals surface area contributed by atoms with Crippen LogP contribution in [0.5, 0.6) is 0 Å². The van der Waals surface area contributed by atoms with Gasteiger partial charge in [-0.2, -0.15) is 0 Å². The summed E-state index contributed by atoms with van der Waals surface area (Å²) in [7, 11) is 0. The summed E-state index contributed by atoms with van der Waals surface area (Å²) < 4.78 is 0. The van der Waals surface area contributed by atoms with Crippen molar-refractivity contribution in [3.63, 3.8) is 0 Å². The second kappa shape index (κ2) is 5.97. The summed E-state index contributed by atoms with van der Waals surface area (Å²) in [5, 5.41) is 3.15. The van der Waals surface area contributed by atoms with E-state index >= 15 is 0 Å². The number of likely N-dealkylation sites (tertiary alicyclic amines) is 1. The van der Waals surface area contributed by atoms with E-state index in [9.17, 15) is 9.59 Å². The molecule has 7 heteroatoms. The second-order valence-corrected chi connectivity index (χ2v) is 4.87. The fourth-order valence-corrected chi connectivity index (χ4v) is 2.13. The Bertz CT molecular complexity index is 469. The fourth-order valence-electron chi connectivity index (χ4n) is 2.03. The van der Waals surface area contributed by atoms with Crippen molar-refractivity contribution in [2.45, 2.75) is 25.8 Å². The highest BCUT2D eigenvalue weighted by Crippen LogP contribution is 2.11. The SMILES string of the molecule is CC(=O)N1CCC(NC(=O)c2cnc(Cl)cn2)CC1. The van der Waals surface area contributed by atoms with Crippen LogP contribution in [-0.2, 0) is 4.79 Å². The molecule has 1 aromatic heterocycles. The Morgan fingerprint density at radius 2 is 2.00 bits per heavy atom. The van der Waals surface area contributed by atoms with Crippen LogP contribution in [0.15, 0.2) is 12.4 Å². The summed E-state index contributed by atoms with van der Waals surface area (Å²) in [5.41, 5.74) is 0.249. The zero-order valence-electron chi connectivity index (χ0n) is 10.6. The van der Waals surface area contributed by atoms with Crippen LogP contribution >= 0.6 is 11.6 Å². The van der Waals surface area contributed by atoms with E-state index in [0.29, 0.717) is 13.1 Å². The average molecular weight is 283 g/mol. The molecule has 0 radical (unpaired) electrons. The lowest BCUT2D eigenvalue weighted by Gasteiger charge is -2.31. The molecule has 2 amide bonds. The Morgan fingerprint density at radius 1 is 1.32 bits per heavy atom. The number of hydrogen-bond donors (Lipinski definition) is 1. The molecule has 6 nitrogen and oxygen atoms in total. The van der Waals surface area contributed by atoms with Crippen LogP contribution in [0.4, 0.5) is 0 Å². The molecule has 19 heavy (non-hydrogen) atoms. The molecule has 0 unspecified atom stereocenters. The molecule has 1 N–H and O–H groups in total. The van der Waals surface area contributed by atoms with Crippen molar-refractivity contribution in [3.05, 3.63) is 23.2 Å². The Morgan fingerprint density at radius 3 is 2.53 bits per heavy atom. The normalized spacial score (nSPS) is 16.2. The minimum Gasteiger partial charge on any atom is -0.348 e. The minimum atomic E-state index is -0.259. The van der Waals surface area contributed by atoms with Crippen LogP contribution in [0.3, 0.4) is 0 Å². The highest BCUT2D eigenvalue weighted by atomic mass is 35.5. The van der Waals surface area contributed by atoms with E-state index in [0.717, 1.165) is 12.8 Å². The number of nitrogens with one attached hydrogen (secondary N) is 1. The average Bonchev–Trinajstić information content (AvgIpc) is 2.40. The standard InChI is InChI=1S/C12H15ClN4O2/c1-8(18)17-4-2-9(3-5-17)16-12(19)10-6-15-11(13)7-14-10/h6-7,9H,2-5H2,1H3,(H,16,19). The van der Waals surface area contributed by atoms with Crippen LogP contribution in [-0.4, -0.2) is 45.8 Å². The fraction of sp³-hybridized carbons (Fsp3) is 0.500. The van der Waals surface area contributed by atoms with Gasteiger partial charge >= 0.3 is 0 Å². The van der Waals surface area contributed by atoms with Gasteiger partial charge in [0, 0.05) is 26.1 Å². The molecule has 1 aliphatic heterocycles. The van der Waals surface area contributed by atoms with Crippen molar-refractivity contribution in [1.29, 1.82) is 0 Å². The summed E-state index contributed by atoms with van der Waals surface area (Å²) in [6, 6.07) is 0.0700. The Hall–Kier alpha value is -1.69. The van der Waals surface area contributed by atoms with Gasteiger partial charge in [-0.1, -0.05) is 11.6 Å². The van der Waals surface area contributed by atoms with Crippen molar-refractivity contribution < 1.29 is 9.59 Å². The van der Waals surface area contributed by atoms with Crippen molar-refractivity contribution in [2.75, 3.05) is 13.1 Å². The number of carbonyl (C=O) groups excluding carboxylic acids is 2. The molecule has 2 heterocycles. The Kier molecular flexibility index (Phi) is 4.31. The first-order valence-corrected chi connectivity index (χ1v) is 6.48. The van der Waals surface area contributed by atoms with E-state index < -0.39 is 0 Å². The number of nitrogens with zero attached hydrogens (tertiary/aromatic N) is 3. The van der Waals surface area contributed by atoms with E-state index in [1.165, 1.54) is 12.4 Å². The van der Waals surface area contributed by atoms with Gasteiger partial charge in [-0.25, -0.2) is 9.97 Å². The van der Waals surface area contributed by atoms with Gasteiger partial charge in [0.25, 0.3) is 5.91 Å². The number of rotatable bonds is 2. The van der Waals surface area contributed by atoms with E-state index in [2.05, 4.69) is 15.3 Å². The van der Waals surface area contributed by atoms with Crippen molar-refractivity contribution >= 4 is 23.4 Å². The van der Waals surface area contributed by atoms with Crippen LogP contribution in [0, 0.1) is 0 Å². The summed E-state index contributed by atoms with van der Waals surface area (Å²) in [5.74, 6) is -0.182. The summed E-state index contributed by atoms with van der Waals surface area (Å²) >= 11 is 5.61. The number of carbonyl (C=O) groups is 2. The smallest absolute Gasteiger partial charge is 0.271 e. The summed E-state index contributed by atoms with van der Waals surface area (Å²) in [6.07, 6.45) is 4.20. The molecule has 0 spiro atoms. The summed E-state index contributed by atoms with van der Waals surface area (Å²) in [6.45, 7) is 2.90. The van der Waals surface area contributed by atoms with Crippen molar-refractivity contribution in [1.82, 2.24) is 20.2 Å². The lowest BCUT2D eigenvalue weighted by atomic mass is 10.0. The third-order valence-electron chi connectivity index (χ3n) is 3.13. The summed E-state index contributed by atoms with van der Waals surface area (Å²) in [4.78, 5) is 32.6. The third-order valence-corrected chi connectivity index (χ3v) is 3.32. The highest BCUT2D eigenvalue weighted by molar-refractivity contribution is 6.29. The monoisotopic (exact) mass is 282 g/mol. The lowest BCUT2D eigenvalue weighted by molar-refractivity contribution is -0.129. The van der Waals surface area contributed by atoms with Crippen LogP contribution in [0.2, 0.25) is 5.15 Å².